The number of imide groups is 1. The highest BCUT2D eigenvalue weighted by Gasteiger charge is 2.40. The molecule has 1 aliphatic carbocycles. The fourth-order valence-corrected chi connectivity index (χ4v) is 4.39. The second-order valence-electron chi connectivity index (χ2n) is 7.86. The highest BCUT2D eigenvalue weighted by atomic mass is 35.5. The molecule has 7 nitrogen and oxygen atoms in total. The minimum absolute atomic E-state index is 0.0700. The molecule has 8 heteroatoms. The van der Waals surface area contributed by atoms with Crippen LogP contribution in [-0.2, 0) is 4.79 Å². The topological polar surface area (TPSA) is 95.6 Å². The van der Waals surface area contributed by atoms with Crippen molar-refractivity contribution >= 4 is 46.6 Å². The second-order valence-corrected chi connectivity index (χ2v) is 8.27. The standard InChI is InChI=1S/C23H22ClN3O4/c1-13(28)25-15-8-10-20(19(24)12-15)26-21(29)14-7-9-17-18(11-14)23(31)27(22(17)30)16-5-3-2-4-6-16/h7-12,16H,2-6H2,1H3,(H,25,28)(H,26,29). The Kier molecular flexibility index (Phi) is 5.78. The number of anilines is 2. The van der Waals surface area contributed by atoms with Gasteiger partial charge in [-0.05, 0) is 49.2 Å². The van der Waals surface area contributed by atoms with E-state index in [2.05, 4.69) is 10.6 Å². The van der Waals surface area contributed by atoms with E-state index in [0.717, 1.165) is 32.1 Å². The van der Waals surface area contributed by atoms with Crippen LogP contribution in [-0.4, -0.2) is 34.6 Å². The molecule has 0 radical (unpaired) electrons. The van der Waals surface area contributed by atoms with Gasteiger partial charge in [-0.2, -0.15) is 0 Å². The van der Waals surface area contributed by atoms with Crippen molar-refractivity contribution in [3.63, 3.8) is 0 Å². The van der Waals surface area contributed by atoms with Crippen molar-refractivity contribution in [3.8, 4) is 0 Å². The molecule has 160 valence electrons. The number of carbonyl (C=O) groups is 4. The van der Waals surface area contributed by atoms with E-state index < -0.39 is 5.91 Å². The number of nitrogens with zero attached hydrogens (tertiary/aromatic N) is 1. The predicted octanol–water partition coefficient (Wildman–Crippen LogP) is 4.48. The van der Waals surface area contributed by atoms with E-state index in [1.807, 2.05) is 0 Å². The average molecular weight is 440 g/mol. The highest BCUT2D eigenvalue weighted by molar-refractivity contribution is 6.34. The maximum atomic E-state index is 12.9. The Balaban J connectivity index is 1.53. The van der Waals surface area contributed by atoms with Gasteiger partial charge < -0.3 is 10.6 Å². The first-order valence-corrected chi connectivity index (χ1v) is 10.6. The Hall–Kier alpha value is -3.19. The summed E-state index contributed by atoms with van der Waals surface area (Å²) in [4.78, 5) is 51.0. The first-order chi connectivity index (χ1) is 14.8. The van der Waals surface area contributed by atoms with Crippen molar-refractivity contribution in [2.75, 3.05) is 10.6 Å². The van der Waals surface area contributed by atoms with Gasteiger partial charge in [0.15, 0.2) is 0 Å². The Morgan fingerprint density at radius 3 is 2.32 bits per heavy atom. The Labute approximate surface area is 184 Å². The number of rotatable bonds is 4. The molecule has 0 aromatic heterocycles. The third-order valence-electron chi connectivity index (χ3n) is 5.66. The first kappa shape index (κ1) is 21.1. The van der Waals surface area contributed by atoms with Gasteiger partial charge >= 0.3 is 0 Å². The minimum atomic E-state index is -0.451. The Morgan fingerprint density at radius 2 is 1.65 bits per heavy atom. The number of halogens is 1. The highest BCUT2D eigenvalue weighted by Crippen LogP contribution is 2.32. The quantitative estimate of drug-likeness (QED) is 0.686. The molecule has 2 aromatic carbocycles. The smallest absolute Gasteiger partial charge is 0.261 e. The summed E-state index contributed by atoms with van der Waals surface area (Å²) in [6, 6.07) is 9.20. The van der Waals surface area contributed by atoms with Gasteiger partial charge in [0.1, 0.15) is 0 Å². The molecule has 0 bridgehead atoms. The van der Waals surface area contributed by atoms with E-state index in [-0.39, 0.29) is 39.9 Å². The van der Waals surface area contributed by atoms with Crippen molar-refractivity contribution in [2.45, 2.75) is 45.1 Å². The van der Waals surface area contributed by atoms with Crippen LogP contribution in [0, 0.1) is 0 Å². The zero-order chi connectivity index (χ0) is 22.1. The van der Waals surface area contributed by atoms with Crippen LogP contribution in [0.4, 0.5) is 11.4 Å². The third-order valence-corrected chi connectivity index (χ3v) is 5.97. The summed E-state index contributed by atoms with van der Waals surface area (Å²) in [5, 5.41) is 5.58. The summed E-state index contributed by atoms with van der Waals surface area (Å²) in [6.45, 7) is 1.39. The molecule has 2 aromatic rings. The Morgan fingerprint density at radius 1 is 0.935 bits per heavy atom. The van der Waals surface area contributed by atoms with Gasteiger partial charge in [-0.15, -0.1) is 0 Å². The van der Waals surface area contributed by atoms with Crippen molar-refractivity contribution in [1.82, 2.24) is 4.90 Å². The van der Waals surface area contributed by atoms with E-state index in [0.29, 0.717) is 16.9 Å². The van der Waals surface area contributed by atoms with Crippen LogP contribution in [0.2, 0.25) is 5.02 Å². The monoisotopic (exact) mass is 439 g/mol. The molecule has 0 unspecified atom stereocenters. The van der Waals surface area contributed by atoms with Crippen molar-refractivity contribution in [3.05, 3.63) is 58.1 Å². The summed E-state index contributed by atoms with van der Waals surface area (Å²) in [5.74, 6) is -1.30. The molecule has 0 atom stereocenters. The molecule has 0 spiro atoms. The number of hydrogen-bond donors (Lipinski definition) is 2. The van der Waals surface area contributed by atoms with E-state index in [4.69, 9.17) is 11.6 Å². The molecule has 1 heterocycles. The molecule has 4 rings (SSSR count). The summed E-state index contributed by atoms with van der Waals surface area (Å²) in [5.41, 5.74) is 1.74. The second kappa shape index (κ2) is 8.51. The lowest BCUT2D eigenvalue weighted by atomic mass is 9.94. The van der Waals surface area contributed by atoms with Crippen LogP contribution < -0.4 is 10.6 Å². The van der Waals surface area contributed by atoms with Gasteiger partial charge in [-0.3, -0.25) is 24.1 Å². The van der Waals surface area contributed by atoms with Crippen molar-refractivity contribution in [1.29, 1.82) is 0 Å². The van der Waals surface area contributed by atoms with Crippen LogP contribution in [0.1, 0.15) is 70.1 Å². The number of fused-ring (bicyclic) bond motifs is 1. The lowest BCUT2D eigenvalue weighted by Crippen LogP contribution is -2.40. The summed E-state index contributed by atoms with van der Waals surface area (Å²) in [6.07, 6.45) is 4.79. The molecule has 1 saturated carbocycles. The average Bonchev–Trinajstić information content (AvgIpc) is 3.00. The largest absolute Gasteiger partial charge is 0.326 e. The maximum Gasteiger partial charge on any atom is 0.261 e. The molecule has 31 heavy (non-hydrogen) atoms. The summed E-state index contributed by atoms with van der Waals surface area (Å²) >= 11 is 6.21. The fourth-order valence-electron chi connectivity index (χ4n) is 4.16. The van der Waals surface area contributed by atoms with E-state index in [1.165, 1.54) is 36.1 Å². The summed E-state index contributed by atoms with van der Waals surface area (Å²) < 4.78 is 0. The predicted molar refractivity (Wildman–Crippen MR) is 118 cm³/mol. The zero-order valence-electron chi connectivity index (χ0n) is 17.0. The molecular formula is C23H22ClN3O4. The van der Waals surface area contributed by atoms with Crippen LogP contribution >= 0.6 is 11.6 Å². The zero-order valence-corrected chi connectivity index (χ0v) is 17.8. The lowest BCUT2D eigenvalue weighted by Gasteiger charge is -2.29. The maximum absolute atomic E-state index is 12.9. The number of carbonyl (C=O) groups excluding carboxylic acids is 4. The fraction of sp³-hybridized carbons (Fsp3) is 0.304. The molecule has 4 amide bonds. The molecular weight excluding hydrogens is 418 g/mol. The first-order valence-electron chi connectivity index (χ1n) is 10.3. The molecule has 2 aliphatic rings. The third kappa shape index (κ3) is 4.18. The van der Waals surface area contributed by atoms with Gasteiger partial charge in [0, 0.05) is 24.2 Å². The molecule has 0 saturated heterocycles. The van der Waals surface area contributed by atoms with Gasteiger partial charge in [0.05, 0.1) is 21.8 Å². The van der Waals surface area contributed by atoms with Crippen molar-refractivity contribution in [2.24, 2.45) is 0 Å². The van der Waals surface area contributed by atoms with E-state index in [1.54, 1.807) is 12.1 Å². The number of hydrogen-bond acceptors (Lipinski definition) is 4. The molecule has 1 aliphatic heterocycles. The Bertz CT molecular complexity index is 1090. The SMILES string of the molecule is CC(=O)Nc1ccc(NC(=O)c2ccc3c(c2)C(=O)N(C2CCCCC2)C3=O)c(Cl)c1. The number of nitrogens with one attached hydrogen (secondary N) is 2. The van der Waals surface area contributed by atoms with Crippen LogP contribution in [0.3, 0.4) is 0 Å². The van der Waals surface area contributed by atoms with E-state index in [9.17, 15) is 19.2 Å². The normalized spacial score (nSPS) is 16.3. The number of amides is 4. The van der Waals surface area contributed by atoms with Crippen LogP contribution in [0.5, 0.6) is 0 Å². The van der Waals surface area contributed by atoms with Crippen molar-refractivity contribution < 1.29 is 19.2 Å². The molecule has 1 fully saturated rings. The van der Waals surface area contributed by atoms with Crippen LogP contribution in [0.15, 0.2) is 36.4 Å². The minimum Gasteiger partial charge on any atom is -0.326 e. The van der Waals surface area contributed by atoms with E-state index >= 15 is 0 Å². The van der Waals surface area contributed by atoms with Gasteiger partial charge in [0.2, 0.25) is 5.91 Å². The van der Waals surface area contributed by atoms with Gasteiger partial charge in [-0.25, -0.2) is 0 Å². The summed E-state index contributed by atoms with van der Waals surface area (Å²) in [7, 11) is 0. The van der Waals surface area contributed by atoms with Gasteiger partial charge in [-0.1, -0.05) is 30.9 Å². The van der Waals surface area contributed by atoms with Gasteiger partial charge in [0.25, 0.3) is 17.7 Å². The lowest BCUT2D eigenvalue weighted by molar-refractivity contribution is -0.114. The van der Waals surface area contributed by atoms with Crippen LogP contribution in [0.25, 0.3) is 0 Å². The molecule has 2 N–H and O–H groups in total. The number of benzene rings is 2.